The van der Waals surface area contributed by atoms with Crippen molar-refractivity contribution in [1.82, 2.24) is 10.2 Å². The first-order valence-corrected chi connectivity index (χ1v) is 8.41. The van der Waals surface area contributed by atoms with Crippen LogP contribution in [0.15, 0.2) is 0 Å². The van der Waals surface area contributed by atoms with Crippen LogP contribution in [-0.2, 0) is 9.84 Å². The first-order valence-electron chi connectivity index (χ1n) is 6.59. The summed E-state index contributed by atoms with van der Waals surface area (Å²) >= 11 is 0. The number of β-amino-alcohol motifs (C(OH)–C–C–N with tert-alkyl or cyclic N) is 1. The van der Waals surface area contributed by atoms with E-state index in [1.807, 2.05) is 18.7 Å². The maximum absolute atomic E-state index is 11.5. The second kappa shape index (κ2) is 6.32. The molecule has 0 aliphatic carbocycles. The van der Waals surface area contributed by atoms with Crippen LogP contribution in [0.2, 0.25) is 0 Å². The minimum Gasteiger partial charge on any atom is -0.388 e. The minimum absolute atomic E-state index is 0.209. The lowest BCUT2D eigenvalue weighted by Crippen LogP contribution is -2.49. The van der Waals surface area contributed by atoms with Crippen molar-refractivity contribution in [2.75, 3.05) is 37.7 Å². The maximum atomic E-state index is 11.5. The molecule has 0 saturated carbocycles. The smallest absolute Gasteiger partial charge is 0.151 e. The third kappa shape index (κ3) is 6.13. The standard InChI is InChI=1S/C12H26N2O3S/c1-11(2)13-9-12(3,15)10-14-5-4-7-18(16,17)8-6-14/h11,13,15H,4-10H2,1-3H3. The molecule has 1 saturated heterocycles. The van der Waals surface area contributed by atoms with Gasteiger partial charge in [-0.05, 0) is 19.9 Å². The van der Waals surface area contributed by atoms with E-state index >= 15 is 0 Å². The third-order valence-electron chi connectivity index (χ3n) is 3.10. The van der Waals surface area contributed by atoms with Crippen molar-refractivity contribution in [3.05, 3.63) is 0 Å². The fourth-order valence-electron chi connectivity index (χ4n) is 2.11. The van der Waals surface area contributed by atoms with E-state index in [0.29, 0.717) is 32.1 Å². The average Bonchev–Trinajstić information content (AvgIpc) is 2.37. The zero-order chi connectivity index (χ0) is 13.8. The quantitative estimate of drug-likeness (QED) is 0.732. The number of nitrogens with one attached hydrogen (secondary N) is 1. The van der Waals surface area contributed by atoms with E-state index in [4.69, 9.17) is 0 Å². The Kier molecular flexibility index (Phi) is 5.58. The maximum Gasteiger partial charge on any atom is 0.151 e. The fourth-order valence-corrected chi connectivity index (χ4v) is 3.42. The molecule has 0 bridgehead atoms. The number of aliphatic hydroxyl groups is 1. The molecule has 0 radical (unpaired) electrons. The Balaban J connectivity index is 2.46. The number of hydrogen-bond donors (Lipinski definition) is 2. The van der Waals surface area contributed by atoms with Crippen LogP contribution in [0.1, 0.15) is 27.2 Å². The number of sulfone groups is 1. The predicted octanol–water partition coefficient (Wildman–Crippen LogP) is -0.144. The molecule has 0 aromatic carbocycles. The zero-order valence-electron chi connectivity index (χ0n) is 11.6. The number of rotatable bonds is 5. The number of nitrogens with zero attached hydrogens (tertiary/aromatic N) is 1. The molecule has 1 aliphatic rings. The molecule has 0 amide bonds. The summed E-state index contributed by atoms with van der Waals surface area (Å²) in [7, 11) is -2.87. The van der Waals surface area contributed by atoms with Gasteiger partial charge in [0.25, 0.3) is 0 Å². The molecule has 108 valence electrons. The van der Waals surface area contributed by atoms with E-state index < -0.39 is 15.4 Å². The van der Waals surface area contributed by atoms with Crippen molar-refractivity contribution in [3.63, 3.8) is 0 Å². The van der Waals surface area contributed by atoms with Crippen molar-refractivity contribution < 1.29 is 13.5 Å². The molecular weight excluding hydrogens is 252 g/mol. The molecule has 6 heteroatoms. The molecule has 0 aromatic heterocycles. The lowest BCUT2D eigenvalue weighted by Gasteiger charge is -2.31. The zero-order valence-corrected chi connectivity index (χ0v) is 12.5. The first kappa shape index (κ1) is 15.9. The summed E-state index contributed by atoms with van der Waals surface area (Å²) < 4.78 is 23.0. The van der Waals surface area contributed by atoms with Crippen LogP contribution in [-0.4, -0.2) is 67.8 Å². The van der Waals surface area contributed by atoms with Crippen molar-refractivity contribution in [1.29, 1.82) is 0 Å². The van der Waals surface area contributed by atoms with Gasteiger partial charge in [0.05, 0.1) is 17.1 Å². The highest BCUT2D eigenvalue weighted by Crippen LogP contribution is 2.10. The van der Waals surface area contributed by atoms with E-state index in [-0.39, 0.29) is 11.5 Å². The van der Waals surface area contributed by atoms with Crippen LogP contribution in [0.3, 0.4) is 0 Å². The van der Waals surface area contributed by atoms with Gasteiger partial charge in [-0.3, -0.25) is 4.90 Å². The van der Waals surface area contributed by atoms with Gasteiger partial charge in [-0.2, -0.15) is 0 Å². The molecule has 1 fully saturated rings. The molecule has 1 aliphatic heterocycles. The summed E-state index contributed by atoms with van der Waals surface area (Å²) in [5.74, 6) is 0.483. The van der Waals surface area contributed by atoms with Crippen molar-refractivity contribution in [3.8, 4) is 0 Å². The summed E-state index contributed by atoms with van der Waals surface area (Å²) in [5, 5.41) is 13.5. The highest BCUT2D eigenvalue weighted by Gasteiger charge is 2.26. The van der Waals surface area contributed by atoms with Gasteiger partial charge in [-0.25, -0.2) is 8.42 Å². The van der Waals surface area contributed by atoms with E-state index in [1.54, 1.807) is 6.92 Å². The molecule has 18 heavy (non-hydrogen) atoms. The van der Waals surface area contributed by atoms with Gasteiger partial charge < -0.3 is 10.4 Å². The summed E-state index contributed by atoms with van der Waals surface area (Å²) in [6, 6.07) is 0.334. The van der Waals surface area contributed by atoms with Gasteiger partial charge >= 0.3 is 0 Å². The Bertz CT molecular complexity index is 352. The molecular formula is C12H26N2O3S. The minimum atomic E-state index is -2.87. The summed E-state index contributed by atoms with van der Waals surface area (Å²) in [5.41, 5.74) is -0.821. The van der Waals surface area contributed by atoms with Crippen LogP contribution >= 0.6 is 0 Å². The van der Waals surface area contributed by atoms with Crippen LogP contribution in [0.25, 0.3) is 0 Å². The molecule has 1 unspecified atom stereocenters. The first-order chi connectivity index (χ1) is 8.20. The van der Waals surface area contributed by atoms with Crippen LogP contribution in [0.5, 0.6) is 0 Å². The molecule has 5 nitrogen and oxygen atoms in total. The third-order valence-corrected chi connectivity index (χ3v) is 4.82. The van der Waals surface area contributed by atoms with Gasteiger partial charge in [-0.15, -0.1) is 0 Å². The van der Waals surface area contributed by atoms with Crippen molar-refractivity contribution >= 4 is 9.84 Å². The normalized spacial score (nSPS) is 24.7. The Hall–Kier alpha value is -0.170. The molecule has 1 rings (SSSR count). The lowest BCUT2D eigenvalue weighted by molar-refractivity contribution is 0.0208. The highest BCUT2D eigenvalue weighted by molar-refractivity contribution is 7.91. The van der Waals surface area contributed by atoms with Crippen LogP contribution in [0.4, 0.5) is 0 Å². The van der Waals surface area contributed by atoms with Gasteiger partial charge in [0, 0.05) is 25.7 Å². The van der Waals surface area contributed by atoms with Gasteiger partial charge in [-0.1, -0.05) is 13.8 Å². The SMILES string of the molecule is CC(C)NCC(C)(O)CN1CCCS(=O)(=O)CC1. The predicted molar refractivity (Wildman–Crippen MR) is 73.5 cm³/mol. The second-order valence-electron chi connectivity index (χ2n) is 5.81. The lowest BCUT2D eigenvalue weighted by atomic mass is 10.1. The van der Waals surface area contributed by atoms with Crippen molar-refractivity contribution in [2.45, 2.75) is 38.8 Å². The van der Waals surface area contributed by atoms with E-state index in [9.17, 15) is 13.5 Å². The Morgan fingerprint density at radius 3 is 2.61 bits per heavy atom. The van der Waals surface area contributed by atoms with E-state index in [2.05, 4.69) is 5.32 Å². The summed E-state index contributed by atoms with van der Waals surface area (Å²) in [6.45, 7) is 8.18. The Morgan fingerprint density at radius 1 is 1.33 bits per heavy atom. The van der Waals surface area contributed by atoms with E-state index in [0.717, 1.165) is 6.54 Å². The Labute approximate surface area is 110 Å². The summed E-state index contributed by atoms with van der Waals surface area (Å²) in [4.78, 5) is 2.05. The van der Waals surface area contributed by atoms with Gasteiger partial charge in [0.15, 0.2) is 9.84 Å². The molecule has 0 spiro atoms. The second-order valence-corrected chi connectivity index (χ2v) is 8.12. The van der Waals surface area contributed by atoms with Gasteiger partial charge in [0.1, 0.15) is 0 Å². The number of hydrogen-bond acceptors (Lipinski definition) is 5. The van der Waals surface area contributed by atoms with Crippen LogP contribution < -0.4 is 5.32 Å². The molecule has 2 N–H and O–H groups in total. The van der Waals surface area contributed by atoms with Crippen molar-refractivity contribution in [2.24, 2.45) is 0 Å². The topological polar surface area (TPSA) is 69.6 Å². The molecule has 0 aromatic rings. The monoisotopic (exact) mass is 278 g/mol. The molecule has 1 heterocycles. The largest absolute Gasteiger partial charge is 0.388 e. The van der Waals surface area contributed by atoms with Gasteiger partial charge in [0.2, 0.25) is 0 Å². The highest BCUT2D eigenvalue weighted by atomic mass is 32.2. The Morgan fingerprint density at radius 2 is 2.00 bits per heavy atom. The van der Waals surface area contributed by atoms with E-state index in [1.165, 1.54) is 0 Å². The molecule has 1 atom stereocenters. The fraction of sp³-hybridized carbons (Fsp3) is 1.00. The average molecular weight is 278 g/mol. The van der Waals surface area contributed by atoms with Crippen LogP contribution in [0, 0.1) is 0 Å². The summed E-state index contributed by atoms with van der Waals surface area (Å²) in [6.07, 6.45) is 0.663.